The van der Waals surface area contributed by atoms with E-state index in [-0.39, 0.29) is 0 Å². The fourth-order valence-corrected chi connectivity index (χ4v) is 3.59. The van der Waals surface area contributed by atoms with Crippen LogP contribution in [-0.2, 0) is 13.0 Å². The highest BCUT2D eigenvalue weighted by Gasteiger charge is 2.26. The quantitative estimate of drug-likeness (QED) is 0.719. The zero-order chi connectivity index (χ0) is 14.2. The number of anilines is 1. The Kier molecular flexibility index (Phi) is 3.04. The van der Waals surface area contributed by atoms with Crippen molar-refractivity contribution in [2.45, 2.75) is 25.9 Å². The van der Waals surface area contributed by atoms with Gasteiger partial charge in [-0.15, -0.1) is 11.3 Å². The van der Waals surface area contributed by atoms with Crippen LogP contribution in [-0.4, -0.2) is 11.0 Å². The number of hydrogen-bond donors (Lipinski definition) is 0. The lowest BCUT2D eigenvalue weighted by atomic mass is 10.1. The molecule has 1 aliphatic heterocycles. The first-order valence-electron chi connectivity index (χ1n) is 7.14. The molecular weight excluding hydrogens is 280 g/mol. The van der Waals surface area contributed by atoms with Gasteiger partial charge in [-0.1, -0.05) is 24.3 Å². The highest BCUT2D eigenvalue weighted by molar-refractivity contribution is 7.13. The molecule has 3 aromatic rings. The van der Waals surface area contributed by atoms with E-state index >= 15 is 0 Å². The Balaban J connectivity index is 1.59. The number of hydrogen-bond acceptors (Lipinski definition) is 4. The van der Waals surface area contributed by atoms with Gasteiger partial charge in [-0.3, -0.25) is 0 Å². The summed E-state index contributed by atoms with van der Waals surface area (Å²) in [6.45, 7) is 3.06. The lowest BCUT2D eigenvalue weighted by molar-refractivity contribution is 0.572. The number of fused-ring (bicyclic) bond motifs is 1. The highest BCUT2D eigenvalue weighted by atomic mass is 32.1. The summed E-state index contributed by atoms with van der Waals surface area (Å²) in [5.74, 6) is 0.722. The molecule has 0 radical (unpaired) electrons. The molecular formula is C17H16N2OS. The number of nitrogens with zero attached hydrogens (tertiary/aromatic N) is 2. The maximum absolute atomic E-state index is 5.62. The SMILES string of the molecule is C[C@H]1Cc2ccccc2N1Cc1coc(-c2cccs2)n1. The van der Waals surface area contributed by atoms with Crippen LogP contribution in [0, 0.1) is 0 Å². The van der Waals surface area contributed by atoms with Crippen LogP contribution < -0.4 is 4.90 Å². The van der Waals surface area contributed by atoms with Crippen molar-refractivity contribution < 1.29 is 4.42 Å². The Hall–Kier alpha value is -2.07. The first-order chi connectivity index (χ1) is 10.3. The topological polar surface area (TPSA) is 29.3 Å². The minimum absolute atomic E-state index is 0.504. The van der Waals surface area contributed by atoms with E-state index in [1.54, 1.807) is 17.6 Å². The summed E-state index contributed by atoms with van der Waals surface area (Å²) in [5, 5.41) is 2.04. The monoisotopic (exact) mass is 296 g/mol. The summed E-state index contributed by atoms with van der Waals surface area (Å²) in [6, 6.07) is 13.2. The van der Waals surface area contributed by atoms with Gasteiger partial charge in [-0.2, -0.15) is 0 Å². The van der Waals surface area contributed by atoms with Crippen LogP contribution in [0.4, 0.5) is 5.69 Å². The third kappa shape index (κ3) is 2.25. The van der Waals surface area contributed by atoms with Crippen LogP contribution in [0.5, 0.6) is 0 Å². The third-order valence-electron chi connectivity index (χ3n) is 3.96. The normalized spacial score (nSPS) is 17.2. The summed E-state index contributed by atoms with van der Waals surface area (Å²) >= 11 is 1.65. The highest BCUT2D eigenvalue weighted by Crippen LogP contribution is 2.33. The molecule has 0 N–H and O–H groups in total. The molecule has 1 aliphatic rings. The zero-order valence-electron chi connectivity index (χ0n) is 11.8. The van der Waals surface area contributed by atoms with Gasteiger partial charge in [-0.25, -0.2) is 4.98 Å². The lowest BCUT2D eigenvalue weighted by Crippen LogP contribution is -2.28. The van der Waals surface area contributed by atoms with Crippen LogP contribution in [0.2, 0.25) is 0 Å². The summed E-state index contributed by atoms with van der Waals surface area (Å²) in [5.41, 5.74) is 3.74. The standard InChI is InChI=1S/C17H16N2OS/c1-12-9-13-5-2-3-6-15(13)19(12)10-14-11-20-17(18-14)16-7-4-8-21-16/h2-8,11-12H,9-10H2,1H3/t12-/m0/s1. The number of thiophene rings is 1. The molecule has 0 saturated carbocycles. The van der Waals surface area contributed by atoms with E-state index in [0.29, 0.717) is 6.04 Å². The van der Waals surface area contributed by atoms with Crippen LogP contribution in [0.1, 0.15) is 18.2 Å². The molecule has 3 heterocycles. The third-order valence-corrected chi connectivity index (χ3v) is 4.82. The van der Waals surface area contributed by atoms with Crippen LogP contribution in [0.3, 0.4) is 0 Å². The van der Waals surface area contributed by atoms with Crippen molar-refractivity contribution in [1.29, 1.82) is 0 Å². The van der Waals surface area contributed by atoms with E-state index in [1.807, 2.05) is 17.5 Å². The second kappa shape index (κ2) is 5.04. The minimum atomic E-state index is 0.504. The molecule has 2 aromatic heterocycles. The molecule has 4 rings (SSSR count). The van der Waals surface area contributed by atoms with Crippen LogP contribution in [0.25, 0.3) is 10.8 Å². The first-order valence-corrected chi connectivity index (χ1v) is 8.02. The van der Waals surface area contributed by atoms with E-state index in [0.717, 1.165) is 29.4 Å². The predicted octanol–water partition coefficient (Wildman–Crippen LogP) is 4.35. The smallest absolute Gasteiger partial charge is 0.236 e. The maximum Gasteiger partial charge on any atom is 0.236 e. The van der Waals surface area contributed by atoms with E-state index < -0.39 is 0 Å². The molecule has 0 spiro atoms. The van der Waals surface area contributed by atoms with Crippen molar-refractivity contribution in [3.63, 3.8) is 0 Å². The first kappa shape index (κ1) is 12.7. The average molecular weight is 296 g/mol. The van der Waals surface area contributed by atoms with Crippen molar-refractivity contribution in [2.75, 3.05) is 4.90 Å². The van der Waals surface area contributed by atoms with Crippen LogP contribution >= 0.6 is 11.3 Å². The second-order valence-corrected chi connectivity index (χ2v) is 6.38. The Morgan fingerprint density at radius 1 is 1.29 bits per heavy atom. The Labute approximate surface area is 127 Å². The van der Waals surface area contributed by atoms with E-state index in [2.05, 4.69) is 41.1 Å². The number of benzene rings is 1. The molecule has 3 nitrogen and oxygen atoms in total. The van der Waals surface area contributed by atoms with Gasteiger partial charge >= 0.3 is 0 Å². The van der Waals surface area contributed by atoms with Gasteiger partial charge in [0.2, 0.25) is 5.89 Å². The number of oxazole rings is 1. The number of aromatic nitrogens is 1. The van der Waals surface area contributed by atoms with Crippen LogP contribution in [0.15, 0.2) is 52.5 Å². The van der Waals surface area contributed by atoms with Gasteiger partial charge < -0.3 is 9.32 Å². The molecule has 1 aromatic carbocycles. The Morgan fingerprint density at radius 3 is 3.05 bits per heavy atom. The average Bonchev–Trinajstić information content (AvgIpc) is 3.20. The molecule has 0 saturated heterocycles. The molecule has 106 valence electrons. The van der Waals surface area contributed by atoms with Crippen molar-refractivity contribution in [2.24, 2.45) is 0 Å². The Morgan fingerprint density at radius 2 is 2.19 bits per heavy atom. The van der Waals surface area contributed by atoms with Crippen molar-refractivity contribution in [3.05, 3.63) is 59.3 Å². The molecule has 0 fully saturated rings. The summed E-state index contributed by atoms with van der Waals surface area (Å²) in [6.07, 6.45) is 2.88. The zero-order valence-corrected chi connectivity index (χ0v) is 12.6. The van der Waals surface area contributed by atoms with E-state index in [1.165, 1.54) is 11.3 Å². The fraction of sp³-hybridized carbons (Fsp3) is 0.235. The molecule has 1 atom stereocenters. The van der Waals surface area contributed by atoms with Gasteiger partial charge in [-0.05, 0) is 36.4 Å². The number of para-hydroxylation sites is 1. The second-order valence-electron chi connectivity index (χ2n) is 5.43. The van der Waals surface area contributed by atoms with E-state index in [9.17, 15) is 0 Å². The number of rotatable bonds is 3. The Bertz CT molecular complexity index is 748. The minimum Gasteiger partial charge on any atom is -0.443 e. The van der Waals surface area contributed by atoms with Crippen molar-refractivity contribution in [3.8, 4) is 10.8 Å². The predicted molar refractivity (Wildman–Crippen MR) is 85.6 cm³/mol. The molecule has 4 heteroatoms. The van der Waals surface area contributed by atoms with Gasteiger partial charge in [0.05, 0.1) is 17.1 Å². The van der Waals surface area contributed by atoms with Gasteiger partial charge in [0.15, 0.2) is 0 Å². The lowest BCUT2D eigenvalue weighted by Gasteiger charge is -2.23. The molecule has 21 heavy (non-hydrogen) atoms. The molecule has 0 aliphatic carbocycles. The molecule has 0 amide bonds. The molecule has 0 bridgehead atoms. The van der Waals surface area contributed by atoms with Gasteiger partial charge in [0.25, 0.3) is 0 Å². The fourth-order valence-electron chi connectivity index (χ4n) is 2.94. The van der Waals surface area contributed by atoms with Crippen molar-refractivity contribution >= 4 is 17.0 Å². The summed E-state index contributed by atoms with van der Waals surface area (Å²) in [4.78, 5) is 8.11. The largest absolute Gasteiger partial charge is 0.443 e. The van der Waals surface area contributed by atoms with Gasteiger partial charge in [0.1, 0.15) is 6.26 Å². The summed E-state index contributed by atoms with van der Waals surface area (Å²) < 4.78 is 5.62. The van der Waals surface area contributed by atoms with Crippen molar-refractivity contribution in [1.82, 2.24) is 4.98 Å². The maximum atomic E-state index is 5.62. The van der Waals surface area contributed by atoms with E-state index in [4.69, 9.17) is 4.42 Å². The van der Waals surface area contributed by atoms with Gasteiger partial charge in [0, 0.05) is 11.7 Å². The summed E-state index contributed by atoms with van der Waals surface area (Å²) in [7, 11) is 0. The molecule has 0 unspecified atom stereocenters.